The van der Waals surface area contributed by atoms with E-state index in [-0.39, 0.29) is 17.6 Å². The lowest BCUT2D eigenvalue weighted by atomic mass is 10.2. The van der Waals surface area contributed by atoms with Crippen LogP contribution in [0.25, 0.3) is 10.9 Å². The van der Waals surface area contributed by atoms with Gasteiger partial charge in [-0.2, -0.15) is 0 Å². The minimum atomic E-state index is -1.04. The van der Waals surface area contributed by atoms with Gasteiger partial charge in [-0.15, -0.1) is 11.8 Å². The Balaban J connectivity index is 2.57. The lowest BCUT2D eigenvalue weighted by Crippen LogP contribution is -2.04. The average Bonchev–Trinajstić information content (AvgIpc) is 2.38. The SMILES string of the molecule is CC(CO)Sc1cc(C(=O)O)nc2ccccc12. The molecule has 4 nitrogen and oxygen atoms in total. The molecule has 2 rings (SSSR count). The van der Waals surface area contributed by atoms with Crippen molar-refractivity contribution in [2.45, 2.75) is 17.1 Å². The van der Waals surface area contributed by atoms with Gasteiger partial charge in [-0.3, -0.25) is 0 Å². The van der Waals surface area contributed by atoms with E-state index in [1.54, 1.807) is 12.1 Å². The van der Waals surface area contributed by atoms with Gasteiger partial charge in [-0.05, 0) is 12.1 Å². The van der Waals surface area contributed by atoms with Crippen LogP contribution in [-0.4, -0.2) is 33.0 Å². The van der Waals surface area contributed by atoms with Gasteiger partial charge < -0.3 is 10.2 Å². The molecule has 0 spiro atoms. The Morgan fingerprint density at radius 1 is 1.44 bits per heavy atom. The summed E-state index contributed by atoms with van der Waals surface area (Å²) in [5, 5.41) is 19.1. The number of aromatic nitrogens is 1. The van der Waals surface area contributed by atoms with Gasteiger partial charge in [0.15, 0.2) is 0 Å². The number of pyridine rings is 1. The third-order valence-electron chi connectivity index (χ3n) is 2.48. The molecule has 0 aliphatic carbocycles. The summed E-state index contributed by atoms with van der Waals surface area (Å²) in [6.07, 6.45) is 0. The number of aliphatic hydroxyl groups excluding tert-OH is 1. The molecule has 0 aliphatic heterocycles. The summed E-state index contributed by atoms with van der Waals surface area (Å²) < 4.78 is 0. The topological polar surface area (TPSA) is 70.4 Å². The van der Waals surface area contributed by atoms with Gasteiger partial charge in [0.25, 0.3) is 0 Å². The summed E-state index contributed by atoms with van der Waals surface area (Å²) in [5.41, 5.74) is 0.686. The van der Waals surface area contributed by atoms with Gasteiger partial charge in [0, 0.05) is 15.5 Å². The second-order valence-corrected chi connectivity index (χ2v) is 5.42. The Morgan fingerprint density at radius 3 is 2.83 bits per heavy atom. The molecule has 2 N–H and O–H groups in total. The van der Waals surface area contributed by atoms with Crippen molar-refractivity contribution in [2.75, 3.05) is 6.61 Å². The maximum atomic E-state index is 11.0. The molecule has 0 aliphatic rings. The van der Waals surface area contributed by atoms with Crippen molar-refractivity contribution >= 4 is 28.6 Å². The molecule has 94 valence electrons. The number of carboxylic acids is 1. The fraction of sp³-hybridized carbons (Fsp3) is 0.231. The number of hydrogen-bond donors (Lipinski definition) is 2. The molecule has 5 heteroatoms. The Labute approximate surface area is 109 Å². The monoisotopic (exact) mass is 263 g/mol. The molecule has 1 unspecified atom stereocenters. The third-order valence-corrected chi connectivity index (χ3v) is 3.63. The highest BCUT2D eigenvalue weighted by atomic mass is 32.2. The summed E-state index contributed by atoms with van der Waals surface area (Å²) in [6, 6.07) is 8.96. The molecule has 0 amide bonds. The summed E-state index contributed by atoms with van der Waals surface area (Å²) in [6.45, 7) is 1.93. The zero-order valence-corrected chi connectivity index (χ0v) is 10.6. The van der Waals surface area contributed by atoms with Crippen molar-refractivity contribution < 1.29 is 15.0 Å². The van der Waals surface area contributed by atoms with Crippen LogP contribution in [0.4, 0.5) is 0 Å². The van der Waals surface area contributed by atoms with E-state index in [0.717, 1.165) is 10.3 Å². The highest BCUT2D eigenvalue weighted by molar-refractivity contribution is 8.00. The zero-order chi connectivity index (χ0) is 13.1. The van der Waals surface area contributed by atoms with E-state index < -0.39 is 5.97 Å². The van der Waals surface area contributed by atoms with Crippen LogP contribution in [0.3, 0.4) is 0 Å². The lowest BCUT2D eigenvalue weighted by molar-refractivity contribution is 0.0690. The predicted molar refractivity (Wildman–Crippen MR) is 71.1 cm³/mol. The number of para-hydroxylation sites is 1. The second kappa shape index (κ2) is 5.37. The predicted octanol–water partition coefficient (Wildman–Crippen LogP) is 2.41. The van der Waals surface area contributed by atoms with Crippen LogP contribution in [0.5, 0.6) is 0 Å². The quantitative estimate of drug-likeness (QED) is 0.829. The Morgan fingerprint density at radius 2 is 2.17 bits per heavy atom. The standard InChI is InChI=1S/C13H13NO3S/c1-8(7-15)18-12-6-11(13(16)17)14-10-5-3-2-4-9(10)12/h2-6,8,15H,7H2,1H3,(H,16,17). The van der Waals surface area contributed by atoms with Crippen LogP contribution in [-0.2, 0) is 0 Å². The molecular formula is C13H13NO3S. The summed E-state index contributed by atoms with van der Waals surface area (Å²) in [5.74, 6) is -1.04. The summed E-state index contributed by atoms with van der Waals surface area (Å²) in [4.78, 5) is 16.0. The number of fused-ring (bicyclic) bond motifs is 1. The van der Waals surface area contributed by atoms with Crippen molar-refractivity contribution in [1.29, 1.82) is 0 Å². The Hall–Kier alpha value is -1.59. The molecule has 1 aromatic heterocycles. The van der Waals surface area contributed by atoms with Crippen molar-refractivity contribution in [3.63, 3.8) is 0 Å². The van der Waals surface area contributed by atoms with Gasteiger partial charge in [-0.25, -0.2) is 9.78 Å². The fourth-order valence-corrected chi connectivity index (χ4v) is 2.59. The molecule has 2 aromatic rings. The number of carbonyl (C=O) groups is 1. The van der Waals surface area contributed by atoms with Crippen molar-refractivity contribution in [3.05, 3.63) is 36.0 Å². The Kier molecular flexibility index (Phi) is 3.84. The first kappa shape index (κ1) is 12.9. The number of thioether (sulfide) groups is 1. The first-order valence-electron chi connectivity index (χ1n) is 5.52. The van der Waals surface area contributed by atoms with E-state index in [1.165, 1.54) is 11.8 Å². The van der Waals surface area contributed by atoms with Gasteiger partial charge in [0.1, 0.15) is 5.69 Å². The maximum Gasteiger partial charge on any atom is 0.354 e. The van der Waals surface area contributed by atoms with Gasteiger partial charge >= 0.3 is 5.97 Å². The number of carboxylic acid groups (broad SMARTS) is 1. The molecule has 0 radical (unpaired) electrons. The van der Waals surface area contributed by atoms with Gasteiger partial charge in [0.05, 0.1) is 12.1 Å². The normalized spacial score (nSPS) is 12.6. The maximum absolute atomic E-state index is 11.0. The van der Waals surface area contributed by atoms with Gasteiger partial charge in [-0.1, -0.05) is 25.1 Å². The van der Waals surface area contributed by atoms with E-state index in [9.17, 15) is 4.79 Å². The van der Waals surface area contributed by atoms with Crippen molar-refractivity contribution in [1.82, 2.24) is 4.98 Å². The molecule has 0 fully saturated rings. The molecule has 1 aromatic carbocycles. The van der Waals surface area contributed by atoms with Crippen LogP contribution in [0, 0.1) is 0 Å². The number of aliphatic hydroxyl groups is 1. The van der Waals surface area contributed by atoms with Crippen LogP contribution in [0.1, 0.15) is 17.4 Å². The van der Waals surface area contributed by atoms with E-state index in [2.05, 4.69) is 4.98 Å². The number of nitrogens with zero attached hydrogens (tertiary/aromatic N) is 1. The molecule has 0 saturated carbocycles. The first-order valence-corrected chi connectivity index (χ1v) is 6.40. The molecule has 0 bridgehead atoms. The van der Waals surface area contributed by atoms with Crippen LogP contribution in [0.2, 0.25) is 0 Å². The molecular weight excluding hydrogens is 250 g/mol. The van der Waals surface area contributed by atoms with Crippen molar-refractivity contribution in [3.8, 4) is 0 Å². The van der Waals surface area contributed by atoms with Crippen LogP contribution < -0.4 is 0 Å². The molecule has 1 atom stereocenters. The van der Waals surface area contributed by atoms with E-state index in [4.69, 9.17) is 10.2 Å². The van der Waals surface area contributed by atoms with E-state index >= 15 is 0 Å². The number of rotatable bonds is 4. The fourth-order valence-electron chi connectivity index (χ4n) is 1.60. The number of benzene rings is 1. The molecule has 1 heterocycles. The third kappa shape index (κ3) is 2.63. The summed E-state index contributed by atoms with van der Waals surface area (Å²) >= 11 is 1.45. The zero-order valence-electron chi connectivity index (χ0n) is 9.83. The van der Waals surface area contributed by atoms with E-state index in [0.29, 0.717) is 5.52 Å². The first-order chi connectivity index (χ1) is 8.61. The molecule has 0 saturated heterocycles. The number of aromatic carboxylic acids is 1. The minimum Gasteiger partial charge on any atom is -0.477 e. The van der Waals surface area contributed by atoms with E-state index in [1.807, 2.05) is 25.1 Å². The smallest absolute Gasteiger partial charge is 0.354 e. The second-order valence-electron chi connectivity index (χ2n) is 3.94. The average molecular weight is 263 g/mol. The summed E-state index contributed by atoms with van der Waals surface area (Å²) in [7, 11) is 0. The largest absolute Gasteiger partial charge is 0.477 e. The minimum absolute atomic E-state index is 0.0115. The highest BCUT2D eigenvalue weighted by Gasteiger charge is 2.13. The Bertz CT molecular complexity index is 585. The lowest BCUT2D eigenvalue weighted by Gasteiger charge is -2.11. The molecule has 18 heavy (non-hydrogen) atoms. The van der Waals surface area contributed by atoms with Crippen LogP contribution in [0.15, 0.2) is 35.2 Å². The van der Waals surface area contributed by atoms with Gasteiger partial charge in [0.2, 0.25) is 0 Å². The highest BCUT2D eigenvalue weighted by Crippen LogP contribution is 2.30. The van der Waals surface area contributed by atoms with Crippen LogP contribution >= 0.6 is 11.8 Å². The van der Waals surface area contributed by atoms with Crippen molar-refractivity contribution in [2.24, 2.45) is 0 Å². The number of hydrogen-bond acceptors (Lipinski definition) is 4.